The van der Waals surface area contributed by atoms with E-state index in [1.807, 2.05) is 24.3 Å². The third-order valence-corrected chi connectivity index (χ3v) is 3.59. The Kier molecular flexibility index (Phi) is 10.8. The van der Waals surface area contributed by atoms with Crippen molar-refractivity contribution in [3.8, 4) is 5.75 Å². The third-order valence-electron chi connectivity index (χ3n) is 3.59. The lowest BCUT2D eigenvalue weighted by molar-refractivity contribution is -0.133. The highest BCUT2D eigenvalue weighted by atomic mass is 16.5. The van der Waals surface area contributed by atoms with Crippen LogP contribution in [0.15, 0.2) is 24.3 Å². The van der Waals surface area contributed by atoms with E-state index in [1.165, 1.54) is 0 Å². The molecule has 0 atom stereocenters. The van der Waals surface area contributed by atoms with E-state index in [-0.39, 0.29) is 18.9 Å². The lowest BCUT2D eigenvalue weighted by Crippen LogP contribution is -2.37. The molecule has 0 aliphatic rings. The minimum atomic E-state index is -0.0661. The van der Waals surface area contributed by atoms with Crippen molar-refractivity contribution in [1.29, 1.82) is 0 Å². The Hall–Kier alpha value is -1.63. The maximum Gasteiger partial charge on any atom is 0.226 e. The average molecular weight is 339 g/mol. The Balaban J connectivity index is 2.36. The van der Waals surface area contributed by atoms with Gasteiger partial charge in [-0.3, -0.25) is 4.79 Å². The first-order valence-electron chi connectivity index (χ1n) is 8.39. The largest absolute Gasteiger partial charge is 0.493 e. The summed E-state index contributed by atoms with van der Waals surface area (Å²) in [5.74, 6) is 0.776. The van der Waals surface area contributed by atoms with Crippen molar-refractivity contribution in [1.82, 2.24) is 4.90 Å². The lowest BCUT2D eigenvalue weighted by atomic mass is 10.1. The van der Waals surface area contributed by atoms with Gasteiger partial charge in [0.2, 0.25) is 5.91 Å². The number of benzene rings is 1. The first kappa shape index (κ1) is 20.4. The lowest BCUT2D eigenvalue weighted by Gasteiger charge is -2.22. The van der Waals surface area contributed by atoms with Gasteiger partial charge < -0.3 is 24.2 Å². The third kappa shape index (κ3) is 7.77. The van der Waals surface area contributed by atoms with Crippen molar-refractivity contribution in [2.24, 2.45) is 0 Å². The summed E-state index contributed by atoms with van der Waals surface area (Å²) in [6.07, 6.45) is 1.16. The number of carbonyl (C=O) groups is 1. The number of para-hydroxylation sites is 1. The molecule has 1 N–H and O–H groups in total. The number of carbonyl (C=O) groups excluding carboxylic acids is 1. The summed E-state index contributed by atoms with van der Waals surface area (Å²) in [6.45, 7) is 4.53. The van der Waals surface area contributed by atoms with E-state index in [0.29, 0.717) is 39.5 Å². The van der Waals surface area contributed by atoms with Gasteiger partial charge in [-0.1, -0.05) is 25.1 Å². The van der Waals surface area contributed by atoms with Crippen molar-refractivity contribution in [2.45, 2.75) is 19.8 Å². The molecule has 1 aromatic rings. The summed E-state index contributed by atoms with van der Waals surface area (Å²) in [5, 5.41) is 9.11. The molecule has 0 aromatic heterocycles. The number of hydrogen-bond acceptors (Lipinski definition) is 5. The SMILES string of the molecule is CCc1ccccc1OCCC(=O)N(CCO)CCOCCOC. The van der Waals surface area contributed by atoms with Crippen LogP contribution in [-0.4, -0.2) is 69.1 Å². The van der Waals surface area contributed by atoms with Crippen LogP contribution in [0, 0.1) is 0 Å². The van der Waals surface area contributed by atoms with Crippen LogP contribution in [-0.2, 0) is 20.7 Å². The molecule has 0 spiro atoms. The van der Waals surface area contributed by atoms with Crippen molar-refractivity contribution in [3.05, 3.63) is 29.8 Å². The number of aliphatic hydroxyl groups excluding tert-OH is 1. The van der Waals surface area contributed by atoms with Gasteiger partial charge in [-0.25, -0.2) is 0 Å². The van der Waals surface area contributed by atoms with E-state index in [9.17, 15) is 4.79 Å². The van der Waals surface area contributed by atoms with Crippen molar-refractivity contribution >= 4 is 5.91 Å². The Morgan fingerprint density at radius 1 is 1.12 bits per heavy atom. The topological polar surface area (TPSA) is 68.2 Å². The molecule has 0 aliphatic heterocycles. The number of ether oxygens (including phenoxy) is 3. The molecular formula is C18H29NO5. The molecule has 1 rings (SSSR count). The van der Waals surface area contributed by atoms with Crippen LogP contribution in [0.3, 0.4) is 0 Å². The van der Waals surface area contributed by atoms with E-state index < -0.39 is 0 Å². The van der Waals surface area contributed by atoms with Gasteiger partial charge in [0.25, 0.3) is 0 Å². The first-order chi connectivity index (χ1) is 11.7. The van der Waals surface area contributed by atoms with Gasteiger partial charge in [0.15, 0.2) is 0 Å². The second kappa shape index (κ2) is 12.8. The molecular weight excluding hydrogens is 310 g/mol. The summed E-state index contributed by atoms with van der Waals surface area (Å²) >= 11 is 0. The minimum Gasteiger partial charge on any atom is -0.493 e. The second-order valence-corrected chi connectivity index (χ2v) is 5.27. The molecule has 0 saturated carbocycles. The molecule has 6 heteroatoms. The van der Waals surface area contributed by atoms with Gasteiger partial charge in [-0.2, -0.15) is 0 Å². The average Bonchev–Trinajstić information content (AvgIpc) is 2.61. The van der Waals surface area contributed by atoms with Crippen LogP contribution in [0.25, 0.3) is 0 Å². The number of aliphatic hydroxyl groups is 1. The molecule has 0 heterocycles. The first-order valence-corrected chi connectivity index (χ1v) is 8.39. The van der Waals surface area contributed by atoms with Gasteiger partial charge in [-0.15, -0.1) is 0 Å². The highest BCUT2D eigenvalue weighted by molar-refractivity contribution is 5.76. The van der Waals surface area contributed by atoms with E-state index in [2.05, 4.69) is 6.92 Å². The standard InChI is InChI=1S/C18H29NO5/c1-3-16-6-4-5-7-17(16)24-12-8-18(21)19(9-11-20)10-13-23-15-14-22-2/h4-7,20H,3,8-15H2,1-2H3. The van der Waals surface area contributed by atoms with Crippen molar-refractivity contribution < 1.29 is 24.1 Å². The summed E-state index contributed by atoms with van der Waals surface area (Å²) < 4.78 is 16.0. The van der Waals surface area contributed by atoms with E-state index >= 15 is 0 Å². The normalized spacial score (nSPS) is 10.6. The van der Waals surface area contributed by atoms with Crippen molar-refractivity contribution in [3.63, 3.8) is 0 Å². The maximum absolute atomic E-state index is 12.3. The highest BCUT2D eigenvalue weighted by Gasteiger charge is 2.13. The zero-order valence-electron chi connectivity index (χ0n) is 14.7. The second-order valence-electron chi connectivity index (χ2n) is 5.27. The van der Waals surface area contributed by atoms with Gasteiger partial charge in [0.1, 0.15) is 5.75 Å². The predicted octanol–water partition coefficient (Wildman–Crippen LogP) is 1.50. The van der Waals surface area contributed by atoms with Crippen LogP contribution < -0.4 is 4.74 Å². The van der Waals surface area contributed by atoms with Crippen LogP contribution >= 0.6 is 0 Å². The molecule has 0 fully saturated rings. The van der Waals surface area contributed by atoms with E-state index in [0.717, 1.165) is 17.7 Å². The molecule has 0 aliphatic carbocycles. The highest BCUT2D eigenvalue weighted by Crippen LogP contribution is 2.18. The van der Waals surface area contributed by atoms with Crippen LogP contribution in [0.1, 0.15) is 18.9 Å². The monoisotopic (exact) mass is 339 g/mol. The minimum absolute atomic E-state index is 0.0478. The summed E-state index contributed by atoms with van der Waals surface area (Å²) in [7, 11) is 1.61. The number of amides is 1. The quantitative estimate of drug-likeness (QED) is 0.552. The van der Waals surface area contributed by atoms with Gasteiger partial charge in [0.05, 0.1) is 39.5 Å². The molecule has 24 heavy (non-hydrogen) atoms. The number of nitrogens with zero attached hydrogens (tertiary/aromatic N) is 1. The van der Waals surface area contributed by atoms with Gasteiger partial charge in [-0.05, 0) is 18.1 Å². The predicted molar refractivity (Wildman–Crippen MR) is 92.3 cm³/mol. The van der Waals surface area contributed by atoms with Crippen LogP contribution in [0.2, 0.25) is 0 Å². The molecule has 6 nitrogen and oxygen atoms in total. The Labute approximate surface area is 144 Å². The molecule has 0 radical (unpaired) electrons. The van der Waals surface area contributed by atoms with Gasteiger partial charge >= 0.3 is 0 Å². The number of aryl methyl sites for hydroxylation is 1. The van der Waals surface area contributed by atoms with E-state index in [4.69, 9.17) is 19.3 Å². The fraction of sp³-hybridized carbons (Fsp3) is 0.611. The van der Waals surface area contributed by atoms with E-state index in [1.54, 1.807) is 12.0 Å². The fourth-order valence-corrected chi connectivity index (χ4v) is 2.24. The molecule has 0 unspecified atom stereocenters. The van der Waals surface area contributed by atoms with Gasteiger partial charge in [0, 0.05) is 20.2 Å². The molecule has 0 bridgehead atoms. The summed E-state index contributed by atoms with van der Waals surface area (Å²) in [5.41, 5.74) is 1.13. The summed E-state index contributed by atoms with van der Waals surface area (Å²) in [6, 6.07) is 7.83. The molecule has 1 amide bonds. The number of hydrogen-bond donors (Lipinski definition) is 1. The maximum atomic E-state index is 12.3. The Morgan fingerprint density at radius 3 is 2.62 bits per heavy atom. The van der Waals surface area contributed by atoms with Crippen molar-refractivity contribution in [2.75, 3.05) is 53.2 Å². The zero-order valence-corrected chi connectivity index (χ0v) is 14.7. The van der Waals surface area contributed by atoms with Crippen LogP contribution in [0.5, 0.6) is 5.75 Å². The smallest absolute Gasteiger partial charge is 0.226 e. The molecule has 1 aromatic carbocycles. The fourth-order valence-electron chi connectivity index (χ4n) is 2.24. The summed E-state index contributed by atoms with van der Waals surface area (Å²) in [4.78, 5) is 13.9. The number of rotatable bonds is 13. The zero-order chi connectivity index (χ0) is 17.6. The molecule has 0 saturated heterocycles. The Morgan fingerprint density at radius 2 is 1.92 bits per heavy atom. The Bertz CT molecular complexity index is 466. The number of methoxy groups -OCH3 is 1. The van der Waals surface area contributed by atoms with Crippen LogP contribution in [0.4, 0.5) is 0 Å². The molecule has 136 valence electrons.